The van der Waals surface area contributed by atoms with E-state index >= 15 is 0 Å². The van der Waals surface area contributed by atoms with Crippen LogP contribution in [-0.4, -0.2) is 37.2 Å². The highest BCUT2D eigenvalue weighted by molar-refractivity contribution is 5.71. The number of rotatable bonds is 58. The molecule has 0 saturated carbocycles. The lowest BCUT2D eigenvalue weighted by molar-refractivity contribution is -0.167. The highest BCUT2D eigenvalue weighted by atomic mass is 16.6. The first-order valence-corrected chi connectivity index (χ1v) is 31.5. The van der Waals surface area contributed by atoms with Crippen LogP contribution in [0.25, 0.3) is 0 Å². The maximum atomic E-state index is 12.9. The molecule has 1 unspecified atom stereocenters. The van der Waals surface area contributed by atoms with Crippen molar-refractivity contribution in [3.05, 3.63) is 36.5 Å². The Morgan fingerprint density at radius 3 is 0.831 bits per heavy atom. The number of esters is 3. The number of carbonyl (C=O) groups excluding carboxylic acids is 3. The van der Waals surface area contributed by atoms with Crippen molar-refractivity contribution < 1.29 is 28.6 Å². The van der Waals surface area contributed by atoms with E-state index in [2.05, 4.69) is 57.2 Å². The maximum absolute atomic E-state index is 12.9. The standard InChI is InChI=1S/C65H120O6/c1-4-7-10-13-16-19-22-24-26-28-29-30-31-32-33-34-35-37-38-40-43-46-49-52-55-58-64(67)70-61-62(60-69-63(66)57-54-51-48-45-42-21-18-15-12-9-6-3)71-65(68)59-56-53-50-47-44-41-39-36-27-25-23-20-17-14-11-8-5-2/h15,18,22,24,28-29,62H,4-14,16-17,19-21,23,25-27,30-61H2,1-3H3/b18-15-,24-22-,29-28-. The Labute approximate surface area is 442 Å². The van der Waals surface area contributed by atoms with E-state index in [4.69, 9.17) is 14.2 Å². The van der Waals surface area contributed by atoms with Crippen LogP contribution in [0.1, 0.15) is 342 Å². The third-order valence-electron chi connectivity index (χ3n) is 14.1. The first kappa shape index (κ1) is 68.6. The third-order valence-corrected chi connectivity index (χ3v) is 14.1. The van der Waals surface area contributed by atoms with E-state index in [1.165, 1.54) is 231 Å². The third kappa shape index (κ3) is 58.4. The van der Waals surface area contributed by atoms with E-state index in [0.29, 0.717) is 19.3 Å². The highest BCUT2D eigenvalue weighted by Crippen LogP contribution is 2.17. The molecule has 0 N–H and O–H groups in total. The number of hydrogen-bond donors (Lipinski definition) is 0. The number of hydrogen-bond acceptors (Lipinski definition) is 6. The minimum Gasteiger partial charge on any atom is -0.462 e. The molecule has 0 rings (SSSR count). The van der Waals surface area contributed by atoms with Crippen LogP contribution in [0.3, 0.4) is 0 Å². The minimum atomic E-state index is -0.772. The zero-order valence-corrected chi connectivity index (χ0v) is 47.8. The van der Waals surface area contributed by atoms with Gasteiger partial charge in [0.2, 0.25) is 0 Å². The monoisotopic (exact) mass is 997 g/mol. The van der Waals surface area contributed by atoms with Gasteiger partial charge in [0, 0.05) is 19.3 Å². The lowest BCUT2D eigenvalue weighted by Gasteiger charge is -2.18. The fourth-order valence-electron chi connectivity index (χ4n) is 9.34. The molecule has 416 valence electrons. The normalized spacial score (nSPS) is 12.2. The van der Waals surface area contributed by atoms with Gasteiger partial charge in [0.05, 0.1) is 0 Å². The van der Waals surface area contributed by atoms with Crippen molar-refractivity contribution in [1.29, 1.82) is 0 Å². The largest absolute Gasteiger partial charge is 0.462 e. The summed E-state index contributed by atoms with van der Waals surface area (Å²) < 4.78 is 16.9. The smallest absolute Gasteiger partial charge is 0.306 e. The van der Waals surface area contributed by atoms with Crippen LogP contribution in [0, 0.1) is 0 Å². The molecule has 71 heavy (non-hydrogen) atoms. The van der Waals surface area contributed by atoms with Gasteiger partial charge >= 0.3 is 17.9 Å². The first-order chi connectivity index (χ1) is 35.0. The van der Waals surface area contributed by atoms with Gasteiger partial charge in [-0.1, -0.05) is 288 Å². The van der Waals surface area contributed by atoms with Gasteiger partial charge in [-0.05, 0) is 70.6 Å². The fraction of sp³-hybridized carbons (Fsp3) is 0.862. The van der Waals surface area contributed by atoms with Crippen molar-refractivity contribution in [2.24, 2.45) is 0 Å². The average molecular weight is 998 g/mol. The summed E-state index contributed by atoms with van der Waals surface area (Å²) in [5, 5.41) is 0. The van der Waals surface area contributed by atoms with Crippen molar-refractivity contribution in [3.63, 3.8) is 0 Å². The minimum absolute atomic E-state index is 0.0709. The Bertz CT molecular complexity index is 1190. The van der Waals surface area contributed by atoms with Gasteiger partial charge in [-0.3, -0.25) is 14.4 Å². The number of allylic oxidation sites excluding steroid dienone is 6. The molecule has 0 spiro atoms. The topological polar surface area (TPSA) is 78.9 Å². The summed E-state index contributed by atoms with van der Waals surface area (Å²) in [4.78, 5) is 38.2. The molecule has 0 aromatic rings. The fourth-order valence-corrected chi connectivity index (χ4v) is 9.34. The summed E-state index contributed by atoms with van der Waals surface area (Å²) in [6.07, 6.45) is 73.0. The van der Waals surface area contributed by atoms with E-state index in [1.54, 1.807) is 0 Å². The molecule has 0 aromatic heterocycles. The molecule has 0 aliphatic carbocycles. The van der Waals surface area contributed by atoms with Crippen molar-refractivity contribution in [2.75, 3.05) is 13.2 Å². The molecule has 0 radical (unpaired) electrons. The lowest BCUT2D eigenvalue weighted by Crippen LogP contribution is -2.30. The SMILES string of the molecule is CCCC/C=C\CCCCCCCC(=O)OCC(COC(=O)CCCCCCCCCCCCCCC/C=C\C/C=C\CCCCCCC)OC(=O)CCCCCCCCCCCCCCCCCCC. The summed E-state index contributed by atoms with van der Waals surface area (Å²) in [7, 11) is 0. The lowest BCUT2D eigenvalue weighted by atomic mass is 10.0. The summed E-state index contributed by atoms with van der Waals surface area (Å²) >= 11 is 0. The predicted molar refractivity (Wildman–Crippen MR) is 307 cm³/mol. The molecule has 1 atom stereocenters. The van der Waals surface area contributed by atoms with Gasteiger partial charge < -0.3 is 14.2 Å². The van der Waals surface area contributed by atoms with Crippen LogP contribution >= 0.6 is 0 Å². The Hall–Kier alpha value is -2.37. The molecule has 6 heteroatoms. The molecule has 0 fully saturated rings. The highest BCUT2D eigenvalue weighted by Gasteiger charge is 2.19. The quantitative estimate of drug-likeness (QED) is 0.0261. The molecule has 0 saturated heterocycles. The van der Waals surface area contributed by atoms with Crippen LogP contribution in [0.5, 0.6) is 0 Å². The van der Waals surface area contributed by atoms with Gasteiger partial charge in [0.25, 0.3) is 0 Å². The van der Waals surface area contributed by atoms with Crippen LogP contribution in [-0.2, 0) is 28.6 Å². The number of carbonyl (C=O) groups is 3. The molecule has 0 heterocycles. The van der Waals surface area contributed by atoms with E-state index in [-0.39, 0.29) is 31.1 Å². The number of unbranched alkanes of at least 4 members (excludes halogenated alkanes) is 41. The Morgan fingerprint density at radius 2 is 0.521 bits per heavy atom. The first-order valence-electron chi connectivity index (χ1n) is 31.5. The molecule has 0 aliphatic heterocycles. The van der Waals surface area contributed by atoms with Gasteiger partial charge in [0.1, 0.15) is 13.2 Å². The van der Waals surface area contributed by atoms with Gasteiger partial charge in [0.15, 0.2) is 6.10 Å². The molecule has 0 amide bonds. The van der Waals surface area contributed by atoms with Gasteiger partial charge in [-0.15, -0.1) is 0 Å². The van der Waals surface area contributed by atoms with E-state index in [0.717, 1.165) is 70.6 Å². The van der Waals surface area contributed by atoms with Crippen LogP contribution in [0.15, 0.2) is 36.5 Å². The predicted octanol–water partition coefficient (Wildman–Crippen LogP) is 21.2. The van der Waals surface area contributed by atoms with Crippen LogP contribution < -0.4 is 0 Å². The van der Waals surface area contributed by atoms with E-state index in [9.17, 15) is 14.4 Å². The number of ether oxygens (including phenoxy) is 3. The molecule has 6 nitrogen and oxygen atoms in total. The molecular weight excluding hydrogens is 877 g/mol. The second kappa shape index (κ2) is 60.2. The maximum Gasteiger partial charge on any atom is 0.306 e. The zero-order valence-electron chi connectivity index (χ0n) is 47.8. The average Bonchev–Trinajstić information content (AvgIpc) is 3.37. The zero-order chi connectivity index (χ0) is 51.4. The van der Waals surface area contributed by atoms with Crippen molar-refractivity contribution in [3.8, 4) is 0 Å². The van der Waals surface area contributed by atoms with Crippen LogP contribution in [0.2, 0.25) is 0 Å². The Kier molecular flexibility index (Phi) is 58.2. The second-order valence-corrected chi connectivity index (χ2v) is 21.3. The summed E-state index contributed by atoms with van der Waals surface area (Å²) in [5.74, 6) is -0.860. The van der Waals surface area contributed by atoms with Gasteiger partial charge in [-0.25, -0.2) is 0 Å². The second-order valence-electron chi connectivity index (χ2n) is 21.3. The van der Waals surface area contributed by atoms with E-state index < -0.39 is 6.10 Å². The van der Waals surface area contributed by atoms with Gasteiger partial charge in [-0.2, -0.15) is 0 Å². The summed E-state index contributed by atoms with van der Waals surface area (Å²) in [6, 6.07) is 0. The Morgan fingerprint density at radius 1 is 0.282 bits per heavy atom. The molecular formula is C65H120O6. The Balaban J connectivity index is 4.21. The van der Waals surface area contributed by atoms with E-state index in [1.807, 2.05) is 0 Å². The van der Waals surface area contributed by atoms with Crippen molar-refractivity contribution in [2.45, 2.75) is 348 Å². The van der Waals surface area contributed by atoms with Crippen LogP contribution in [0.4, 0.5) is 0 Å². The van der Waals surface area contributed by atoms with Crippen molar-refractivity contribution >= 4 is 17.9 Å². The molecule has 0 aromatic carbocycles. The van der Waals surface area contributed by atoms with Crippen molar-refractivity contribution in [1.82, 2.24) is 0 Å². The summed E-state index contributed by atoms with van der Waals surface area (Å²) in [5.41, 5.74) is 0. The molecule has 0 bridgehead atoms. The summed E-state index contributed by atoms with van der Waals surface area (Å²) in [6.45, 7) is 6.64. The molecule has 0 aliphatic rings.